The van der Waals surface area contributed by atoms with E-state index in [4.69, 9.17) is 17.3 Å². The standard InChI is InChI=1S/C69H75N3O/c1-43-20-22-44(23-21-43)47-34-35-70-59(39-47)50-37-48(45-24-28-51(29-25-45)65(2,3)4)36-49(38-50)55-18-17-19-61-62(55)71-64(57-41-54(68(11,12)13)42-58(63(57)73)69(14,15)16)72(61)60-33-32-53(67(8,9)10)40-56(60)46-26-30-52(31-27-46)66(5,6)7/h17-42,73H,1-16H3/i1D3,20D,21D,22D,23D,34D,35D,39D. The number of aromatic nitrogens is 3. The van der Waals surface area contributed by atoms with Crippen LogP contribution < -0.4 is 0 Å². The van der Waals surface area contributed by atoms with Crippen molar-refractivity contribution < 1.29 is 18.8 Å². The van der Waals surface area contributed by atoms with Crippen molar-refractivity contribution in [2.75, 3.05) is 0 Å². The molecule has 0 atom stereocenters. The average Bonchev–Trinajstić information content (AvgIpc) is 3.42. The highest BCUT2D eigenvalue weighted by molar-refractivity contribution is 5.98. The molecule has 0 bridgehead atoms. The van der Waals surface area contributed by atoms with Crippen LogP contribution in [0.3, 0.4) is 0 Å². The van der Waals surface area contributed by atoms with Gasteiger partial charge in [-0.1, -0.05) is 206 Å². The Balaban J connectivity index is 1.41. The lowest BCUT2D eigenvalue weighted by molar-refractivity contribution is 0.446. The van der Waals surface area contributed by atoms with Gasteiger partial charge in [-0.3, -0.25) is 9.55 Å². The van der Waals surface area contributed by atoms with Gasteiger partial charge >= 0.3 is 0 Å². The molecule has 0 amide bonds. The fraction of sp³-hybridized carbons (Fsp3) is 0.304. The molecule has 0 radical (unpaired) electrons. The second-order valence-electron chi connectivity index (χ2n) is 24.7. The van der Waals surface area contributed by atoms with E-state index in [2.05, 4.69) is 180 Å². The molecule has 0 fully saturated rings. The number of phenolic OH excluding ortho intramolecular Hbond substituents is 1. The maximum atomic E-state index is 12.8. The van der Waals surface area contributed by atoms with Gasteiger partial charge in [0.25, 0.3) is 0 Å². The van der Waals surface area contributed by atoms with Crippen LogP contribution in [0.4, 0.5) is 0 Å². The topological polar surface area (TPSA) is 50.9 Å². The van der Waals surface area contributed by atoms with Crippen molar-refractivity contribution in [3.63, 3.8) is 0 Å². The Labute approximate surface area is 450 Å². The van der Waals surface area contributed by atoms with Gasteiger partial charge in [-0.05, 0) is 144 Å². The van der Waals surface area contributed by atoms with Gasteiger partial charge in [0.05, 0.1) is 37.6 Å². The van der Waals surface area contributed by atoms with E-state index in [1.807, 2.05) is 48.5 Å². The fourth-order valence-corrected chi connectivity index (χ4v) is 9.41. The lowest BCUT2D eigenvalue weighted by Crippen LogP contribution is -2.17. The van der Waals surface area contributed by atoms with E-state index in [1.165, 1.54) is 5.56 Å². The highest BCUT2D eigenvalue weighted by Gasteiger charge is 2.30. The lowest BCUT2D eigenvalue weighted by Gasteiger charge is -2.28. The van der Waals surface area contributed by atoms with E-state index in [0.717, 1.165) is 50.1 Å². The van der Waals surface area contributed by atoms with Crippen LogP contribution in [-0.4, -0.2) is 19.6 Å². The number of para-hydroxylation sites is 1. The van der Waals surface area contributed by atoms with Crippen molar-refractivity contribution in [2.45, 2.75) is 138 Å². The summed E-state index contributed by atoms with van der Waals surface area (Å²) in [6.45, 7) is 29.5. The Hall–Kier alpha value is -7.04. The van der Waals surface area contributed by atoms with Gasteiger partial charge in [0.1, 0.15) is 11.6 Å². The number of nitrogens with zero attached hydrogens (tertiary/aromatic N) is 3. The molecule has 9 rings (SSSR count). The molecule has 0 aliphatic rings. The molecular formula is C69H75N3O. The van der Waals surface area contributed by atoms with Crippen LogP contribution in [-0.2, 0) is 27.1 Å². The first kappa shape index (κ1) is 39.5. The molecule has 4 nitrogen and oxygen atoms in total. The Morgan fingerprint density at radius 3 is 1.62 bits per heavy atom. The number of aromatic hydroxyl groups is 1. The Morgan fingerprint density at radius 2 is 1.03 bits per heavy atom. The molecule has 0 aliphatic carbocycles. The van der Waals surface area contributed by atoms with E-state index in [1.54, 1.807) is 0 Å². The zero-order chi connectivity index (χ0) is 61.2. The predicted molar refractivity (Wildman–Crippen MR) is 311 cm³/mol. The van der Waals surface area contributed by atoms with Crippen LogP contribution in [0.2, 0.25) is 0 Å². The van der Waals surface area contributed by atoms with Crippen LogP contribution in [0.15, 0.2) is 158 Å². The minimum atomic E-state index is -2.99. The van der Waals surface area contributed by atoms with Gasteiger partial charge in [0.15, 0.2) is 0 Å². The number of fused-ring (bicyclic) bond motifs is 1. The quantitative estimate of drug-likeness (QED) is 0.173. The molecule has 1 N–H and O–H groups in total. The van der Waals surface area contributed by atoms with Crippen molar-refractivity contribution in [3.05, 3.63) is 191 Å². The SMILES string of the molecule is [2H]c1nc(-c2cc(-c3ccc(C(C)(C)C)cc3)cc(-c3cccc4c3nc(-c3cc(C(C)(C)C)cc(C(C)(C)C)c3O)n4-c3ccc(C(C)(C)C)cc3-c3ccc(C(C)(C)C)cc3)c2)c([2H])c(-c2c([2H])c([2H])c(C([2H])([2H])[2H])c([2H])c2[2H])c1[2H]. The van der Waals surface area contributed by atoms with E-state index >= 15 is 0 Å². The molecule has 372 valence electrons. The number of benzene rings is 7. The first-order valence-electron chi connectivity index (χ1n) is 30.3. The highest BCUT2D eigenvalue weighted by Crippen LogP contribution is 2.47. The molecule has 0 unspecified atom stereocenters. The van der Waals surface area contributed by atoms with Crippen molar-refractivity contribution in [1.82, 2.24) is 14.5 Å². The summed E-state index contributed by atoms with van der Waals surface area (Å²) in [5.74, 6) is 0.638. The van der Waals surface area contributed by atoms with E-state index in [9.17, 15) is 6.48 Å². The second-order valence-corrected chi connectivity index (χ2v) is 24.7. The lowest BCUT2D eigenvalue weighted by atomic mass is 9.79. The van der Waals surface area contributed by atoms with Crippen LogP contribution in [0.5, 0.6) is 5.75 Å². The molecule has 2 aromatic heterocycles. The van der Waals surface area contributed by atoms with Crippen molar-refractivity contribution in [1.29, 1.82) is 0 Å². The molecule has 0 saturated carbocycles. The second kappa shape index (κ2) is 18.5. The van der Waals surface area contributed by atoms with Crippen LogP contribution in [0, 0.1) is 6.85 Å². The minimum Gasteiger partial charge on any atom is -0.507 e. The average molecular weight is 972 g/mol. The smallest absolute Gasteiger partial charge is 0.149 e. The van der Waals surface area contributed by atoms with Crippen molar-refractivity contribution >= 4 is 11.0 Å². The summed E-state index contributed by atoms with van der Waals surface area (Å²) in [5, 5.41) is 12.8. The summed E-state index contributed by atoms with van der Waals surface area (Å²) >= 11 is 0. The van der Waals surface area contributed by atoms with Gasteiger partial charge in [0.2, 0.25) is 0 Å². The predicted octanol–water partition coefficient (Wildman–Crippen LogP) is 18.9. The number of phenols is 1. The van der Waals surface area contributed by atoms with Gasteiger partial charge in [-0.15, -0.1) is 0 Å². The minimum absolute atomic E-state index is 0.0646. The number of hydrogen-bond donors (Lipinski definition) is 1. The van der Waals surface area contributed by atoms with Gasteiger partial charge in [0, 0.05) is 32.5 Å². The molecule has 0 spiro atoms. The first-order chi connectivity index (χ1) is 38.3. The molecular weight excluding hydrogens is 887 g/mol. The van der Waals surface area contributed by atoms with Crippen LogP contribution in [0.1, 0.15) is 151 Å². The third-order valence-electron chi connectivity index (χ3n) is 13.9. The summed E-state index contributed by atoms with van der Waals surface area (Å²) in [6, 6.07) is 35.3. The van der Waals surface area contributed by atoms with E-state index in [0.29, 0.717) is 39.2 Å². The summed E-state index contributed by atoms with van der Waals surface area (Å²) in [5.41, 5.74) is 10.3. The number of rotatable bonds is 7. The number of pyridine rings is 1. The molecule has 0 aliphatic heterocycles. The van der Waals surface area contributed by atoms with Crippen molar-refractivity contribution in [2.24, 2.45) is 0 Å². The molecule has 9 aromatic rings. The Morgan fingerprint density at radius 1 is 0.466 bits per heavy atom. The summed E-state index contributed by atoms with van der Waals surface area (Å²) in [6.07, 6.45) is -0.581. The summed E-state index contributed by atoms with van der Waals surface area (Å²) < 4.78 is 89.7. The number of hydrogen-bond acceptors (Lipinski definition) is 3. The zero-order valence-electron chi connectivity index (χ0n) is 55.3. The molecule has 7 aromatic carbocycles. The van der Waals surface area contributed by atoms with Gasteiger partial charge in [-0.25, -0.2) is 4.98 Å². The van der Waals surface area contributed by atoms with Gasteiger partial charge < -0.3 is 5.11 Å². The normalized spacial score (nSPS) is 14.8. The Kier molecular flexibility index (Phi) is 9.99. The van der Waals surface area contributed by atoms with E-state index < -0.39 is 65.8 Å². The summed E-state index contributed by atoms with van der Waals surface area (Å²) in [4.78, 5) is 10.2. The molecule has 2 heterocycles. The van der Waals surface area contributed by atoms with Gasteiger partial charge in [-0.2, -0.15) is 0 Å². The maximum Gasteiger partial charge on any atom is 0.149 e. The summed E-state index contributed by atoms with van der Waals surface area (Å²) in [7, 11) is 0. The molecule has 0 saturated heterocycles. The van der Waals surface area contributed by atoms with Crippen LogP contribution in [0.25, 0.3) is 83.9 Å². The largest absolute Gasteiger partial charge is 0.507 e. The fourth-order valence-electron chi connectivity index (χ4n) is 9.41. The Bertz CT molecular complexity index is 4020. The highest BCUT2D eigenvalue weighted by atomic mass is 16.3. The third kappa shape index (κ3) is 10.3. The van der Waals surface area contributed by atoms with Crippen LogP contribution >= 0.6 is 0 Å². The molecule has 73 heavy (non-hydrogen) atoms. The first-order valence-corrected chi connectivity index (χ1v) is 25.3. The van der Waals surface area contributed by atoms with E-state index in [-0.39, 0.29) is 38.7 Å². The maximum absolute atomic E-state index is 12.8. The zero-order valence-corrected chi connectivity index (χ0v) is 45.3. The third-order valence-corrected chi connectivity index (χ3v) is 13.9. The molecule has 4 heteroatoms. The monoisotopic (exact) mass is 972 g/mol. The number of imidazole rings is 1. The van der Waals surface area contributed by atoms with Crippen molar-refractivity contribution in [3.8, 4) is 78.6 Å².